The second-order valence-electron chi connectivity index (χ2n) is 9.58. The Kier molecular flexibility index (Phi) is 6.78. The van der Waals surface area contributed by atoms with Crippen LogP contribution < -0.4 is 5.32 Å². The van der Waals surface area contributed by atoms with E-state index >= 15 is 0 Å². The van der Waals surface area contributed by atoms with E-state index in [1.807, 2.05) is 0 Å². The summed E-state index contributed by atoms with van der Waals surface area (Å²) in [5.74, 6) is 3.13. The second-order valence-corrected chi connectivity index (χ2v) is 9.58. The minimum atomic E-state index is 0.395. The lowest BCUT2D eigenvalue weighted by molar-refractivity contribution is 0.182. The van der Waals surface area contributed by atoms with Gasteiger partial charge in [0.15, 0.2) is 0 Å². The molecule has 1 heterocycles. The summed E-state index contributed by atoms with van der Waals surface area (Å²) in [6, 6.07) is 0. The van der Waals surface area contributed by atoms with Crippen molar-refractivity contribution in [3.8, 4) is 0 Å². The van der Waals surface area contributed by atoms with E-state index in [9.17, 15) is 0 Å². The Morgan fingerprint density at radius 1 is 0.571 bits per heavy atom. The molecule has 1 aliphatic rings. The van der Waals surface area contributed by atoms with Gasteiger partial charge >= 0.3 is 0 Å². The fourth-order valence-corrected chi connectivity index (χ4v) is 5.07. The van der Waals surface area contributed by atoms with Crippen LogP contribution >= 0.6 is 0 Å². The van der Waals surface area contributed by atoms with Crippen LogP contribution in [0.1, 0.15) is 93.9 Å². The SMILES string of the molecule is CC(C)CC1(CC(C)C)CCC(CC(C)C)(CC(C)C)N1. The molecular weight excluding hydrogens is 254 g/mol. The van der Waals surface area contributed by atoms with Crippen LogP contribution in [0.2, 0.25) is 0 Å². The number of hydrogen-bond acceptors (Lipinski definition) is 1. The zero-order chi connectivity index (χ0) is 16.3. The first-order chi connectivity index (χ1) is 9.58. The molecule has 0 radical (unpaired) electrons. The maximum Gasteiger partial charge on any atom is 0.0192 e. The van der Waals surface area contributed by atoms with Crippen molar-refractivity contribution < 1.29 is 0 Å². The molecule has 1 rings (SSSR count). The molecule has 0 saturated carbocycles. The highest BCUT2D eigenvalue weighted by Crippen LogP contribution is 2.44. The Morgan fingerprint density at radius 2 is 0.810 bits per heavy atom. The molecule has 0 bridgehead atoms. The molecule has 0 spiro atoms. The Hall–Kier alpha value is -0.0400. The molecule has 1 heteroatoms. The van der Waals surface area contributed by atoms with Gasteiger partial charge in [-0.15, -0.1) is 0 Å². The molecule has 0 atom stereocenters. The largest absolute Gasteiger partial charge is 0.306 e. The molecule has 1 N–H and O–H groups in total. The van der Waals surface area contributed by atoms with Gasteiger partial charge in [0.25, 0.3) is 0 Å². The van der Waals surface area contributed by atoms with E-state index in [1.165, 1.54) is 38.5 Å². The minimum absolute atomic E-state index is 0.395. The van der Waals surface area contributed by atoms with Crippen LogP contribution in [-0.2, 0) is 0 Å². The molecule has 1 fully saturated rings. The maximum absolute atomic E-state index is 4.24. The standard InChI is InChI=1S/C20H41N/c1-15(2)11-19(12-16(3)4)9-10-20(21-19,13-17(5)6)14-18(7)8/h15-18,21H,9-14H2,1-8H3. The zero-order valence-electron chi connectivity index (χ0n) is 16.1. The summed E-state index contributed by atoms with van der Waals surface area (Å²) >= 11 is 0. The van der Waals surface area contributed by atoms with E-state index < -0.39 is 0 Å². The van der Waals surface area contributed by atoms with Crippen molar-refractivity contribution in [1.82, 2.24) is 5.32 Å². The van der Waals surface area contributed by atoms with Crippen molar-refractivity contribution in [3.05, 3.63) is 0 Å². The van der Waals surface area contributed by atoms with Crippen LogP contribution in [0.15, 0.2) is 0 Å². The van der Waals surface area contributed by atoms with E-state index in [2.05, 4.69) is 60.7 Å². The summed E-state index contributed by atoms with van der Waals surface area (Å²) in [5, 5.41) is 4.24. The van der Waals surface area contributed by atoms with E-state index in [-0.39, 0.29) is 0 Å². The van der Waals surface area contributed by atoms with Gasteiger partial charge in [-0.2, -0.15) is 0 Å². The van der Waals surface area contributed by atoms with Crippen molar-refractivity contribution >= 4 is 0 Å². The van der Waals surface area contributed by atoms with Crippen LogP contribution in [0.5, 0.6) is 0 Å². The van der Waals surface area contributed by atoms with Gasteiger partial charge in [0.05, 0.1) is 0 Å². The molecule has 1 nitrogen and oxygen atoms in total. The number of rotatable bonds is 8. The smallest absolute Gasteiger partial charge is 0.0192 e. The van der Waals surface area contributed by atoms with E-state index in [0.29, 0.717) is 11.1 Å². The average Bonchev–Trinajstić information content (AvgIpc) is 2.51. The average molecular weight is 296 g/mol. The lowest BCUT2D eigenvalue weighted by Crippen LogP contribution is -2.53. The summed E-state index contributed by atoms with van der Waals surface area (Å²) in [7, 11) is 0. The van der Waals surface area contributed by atoms with Crippen LogP contribution in [0.4, 0.5) is 0 Å². The Bertz CT molecular complexity index is 251. The Morgan fingerprint density at radius 3 is 1.00 bits per heavy atom. The van der Waals surface area contributed by atoms with Gasteiger partial charge in [0, 0.05) is 11.1 Å². The third kappa shape index (κ3) is 5.93. The van der Waals surface area contributed by atoms with E-state index in [0.717, 1.165) is 23.7 Å². The summed E-state index contributed by atoms with van der Waals surface area (Å²) in [6.45, 7) is 19.1. The molecule has 0 aromatic heterocycles. The summed E-state index contributed by atoms with van der Waals surface area (Å²) in [4.78, 5) is 0. The molecule has 0 unspecified atom stereocenters. The first kappa shape index (κ1) is 19.0. The second kappa shape index (κ2) is 7.49. The highest BCUT2D eigenvalue weighted by atomic mass is 15.1. The molecule has 126 valence electrons. The quantitative estimate of drug-likeness (QED) is 0.576. The summed E-state index contributed by atoms with van der Waals surface area (Å²) in [6.07, 6.45) is 8.10. The molecule has 0 amide bonds. The van der Waals surface area contributed by atoms with Crippen LogP contribution in [0.3, 0.4) is 0 Å². The van der Waals surface area contributed by atoms with E-state index in [4.69, 9.17) is 0 Å². The molecule has 1 saturated heterocycles. The van der Waals surface area contributed by atoms with Crippen LogP contribution in [0, 0.1) is 23.7 Å². The monoisotopic (exact) mass is 295 g/mol. The predicted molar refractivity (Wildman–Crippen MR) is 95.7 cm³/mol. The molecule has 21 heavy (non-hydrogen) atoms. The number of hydrogen-bond donors (Lipinski definition) is 1. The highest BCUT2D eigenvalue weighted by molar-refractivity contribution is 5.07. The third-order valence-corrected chi connectivity index (χ3v) is 4.81. The first-order valence-corrected chi connectivity index (χ1v) is 9.37. The fourth-order valence-electron chi connectivity index (χ4n) is 5.07. The van der Waals surface area contributed by atoms with Gasteiger partial charge in [-0.1, -0.05) is 55.4 Å². The van der Waals surface area contributed by atoms with Gasteiger partial charge in [0.2, 0.25) is 0 Å². The highest BCUT2D eigenvalue weighted by Gasteiger charge is 2.47. The maximum atomic E-state index is 4.24. The van der Waals surface area contributed by atoms with E-state index in [1.54, 1.807) is 0 Å². The Labute approximate surface area is 134 Å². The first-order valence-electron chi connectivity index (χ1n) is 9.37. The predicted octanol–water partition coefficient (Wildman–Crippen LogP) is 6.03. The van der Waals surface area contributed by atoms with Gasteiger partial charge in [-0.25, -0.2) is 0 Å². The third-order valence-electron chi connectivity index (χ3n) is 4.81. The van der Waals surface area contributed by atoms with Crippen molar-refractivity contribution in [2.45, 2.75) is 105 Å². The topological polar surface area (TPSA) is 12.0 Å². The van der Waals surface area contributed by atoms with Gasteiger partial charge in [0.1, 0.15) is 0 Å². The van der Waals surface area contributed by atoms with Crippen molar-refractivity contribution in [2.75, 3.05) is 0 Å². The van der Waals surface area contributed by atoms with Crippen molar-refractivity contribution in [3.63, 3.8) is 0 Å². The summed E-state index contributed by atoms with van der Waals surface area (Å²) < 4.78 is 0. The molecule has 1 aliphatic heterocycles. The molecule has 0 aliphatic carbocycles. The molecule has 0 aromatic carbocycles. The van der Waals surface area contributed by atoms with Gasteiger partial charge < -0.3 is 5.32 Å². The Balaban J connectivity index is 2.94. The summed E-state index contributed by atoms with van der Waals surface area (Å²) in [5.41, 5.74) is 0.790. The zero-order valence-corrected chi connectivity index (χ0v) is 16.1. The van der Waals surface area contributed by atoms with Crippen molar-refractivity contribution in [1.29, 1.82) is 0 Å². The van der Waals surface area contributed by atoms with Crippen LogP contribution in [-0.4, -0.2) is 11.1 Å². The van der Waals surface area contributed by atoms with Gasteiger partial charge in [-0.05, 0) is 62.2 Å². The van der Waals surface area contributed by atoms with Gasteiger partial charge in [-0.3, -0.25) is 0 Å². The minimum Gasteiger partial charge on any atom is -0.306 e. The normalized spacial score (nSPS) is 21.1. The van der Waals surface area contributed by atoms with Crippen molar-refractivity contribution in [2.24, 2.45) is 23.7 Å². The van der Waals surface area contributed by atoms with Crippen LogP contribution in [0.25, 0.3) is 0 Å². The molecular formula is C20H41N. The lowest BCUT2D eigenvalue weighted by Gasteiger charge is -2.40. The fraction of sp³-hybridized carbons (Fsp3) is 1.00. The molecule has 0 aromatic rings. The number of nitrogens with one attached hydrogen (secondary N) is 1. The lowest BCUT2D eigenvalue weighted by atomic mass is 9.80.